The average Bonchev–Trinajstić information content (AvgIpc) is 3.18. The minimum atomic E-state index is -0.832. The first-order valence-electron chi connectivity index (χ1n) is 9.52. The van der Waals surface area contributed by atoms with Crippen LogP contribution in [0.25, 0.3) is 16.6 Å². The van der Waals surface area contributed by atoms with Crippen molar-refractivity contribution in [1.29, 1.82) is 0 Å². The van der Waals surface area contributed by atoms with Gasteiger partial charge in [-0.15, -0.1) is 11.3 Å². The summed E-state index contributed by atoms with van der Waals surface area (Å²) >= 11 is 9.03. The van der Waals surface area contributed by atoms with E-state index in [4.69, 9.17) is 11.6 Å². The largest absolute Gasteiger partial charge is 0.388 e. The predicted octanol–water partition coefficient (Wildman–Crippen LogP) is 4.50. The topological polar surface area (TPSA) is 108 Å². The third kappa shape index (κ3) is 4.89. The molecule has 0 fully saturated rings. The van der Waals surface area contributed by atoms with Gasteiger partial charge in [0, 0.05) is 26.9 Å². The van der Waals surface area contributed by atoms with E-state index in [2.05, 4.69) is 20.9 Å². The highest BCUT2D eigenvalue weighted by Crippen LogP contribution is 2.25. The summed E-state index contributed by atoms with van der Waals surface area (Å²) in [5, 5.41) is 8.36. The second kappa shape index (κ2) is 9.53. The molecular formula is C21H16ClFIN5O3S. The van der Waals surface area contributed by atoms with Gasteiger partial charge in [-0.05, 0) is 65.1 Å². The molecule has 4 N–H and O–H groups in total. The molecule has 170 valence electrons. The third-order valence-corrected chi connectivity index (χ3v) is 6.79. The number of rotatable bonds is 5. The number of nitrogens with one attached hydrogen (secondary N) is 4. The van der Waals surface area contributed by atoms with Crippen molar-refractivity contribution in [2.75, 3.05) is 17.7 Å². The fraction of sp³-hybridized carbons (Fsp3) is 0.0952. The van der Waals surface area contributed by atoms with Crippen LogP contribution in [0.1, 0.15) is 4.88 Å². The van der Waals surface area contributed by atoms with Gasteiger partial charge in [0.1, 0.15) is 5.69 Å². The fourth-order valence-corrected chi connectivity index (χ4v) is 5.08. The highest BCUT2D eigenvalue weighted by Gasteiger charge is 2.18. The third-order valence-electron chi connectivity index (χ3n) is 4.74. The number of carbonyl (C=O) groups excluding carboxylic acids is 1. The molecule has 0 spiro atoms. The summed E-state index contributed by atoms with van der Waals surface area (Å²) in [6.45, 7) is 0.262. The molecule has 8 nitrogen and oxygen atoms in total. The number of aromatic amines is 1. The van der Waals surface area contributed by atoms with Gasteiger partial charge >= 0.3 is 11.7 Å². The minimum absolute atomic E-state index is 0.172. The van der Waals surface area contributed by atoms with Crippen LogP contribution in [0.4, 0.5) is 20.6 Å². The molecule has 2 aromatic heterocycles. The summed E-state index contributed by atoms with van der Waals surface area (Å²) in [4.78, 5) is 41.3. The number of amides is 2. The first kappa shape index (κ1) is 23.3. The Bertz CT molecular complexity index is 1480. The molecule has 0 saturated carbocycles. The Morgan fingerprint density at radius 3 is 2.64 bits per heavy atom. The summed E-state index contributed by atoms with van der Waals surface area (Å²) < 4.78 is 16.7. The van der Waals surface area contributed by atoms with Gasteiger partial charge in [-0.1, -0.05) is 11.6 Å². The number of urea groups is 1. The van der Waals surface area contributed by atoms with E-state index in [1.54, 1.807) is 37.4 Å². The van der Waals surface area contributed by atoms with Crippen LogP contribution in [0, 0.1) is 9.39 Å². The molecule has 0 unspecified atom stereocenters. The molecule has 2 aromatic carbocycles. The first-order chi connectivity index (χ1) is 15.8. The highest BCUT2D eigenvalue weighted by molar-refractivity contribution is 14.1. The molecule has 0 aliphatic carbocycles. The molecule has 0 atom stereocenters. The summed E-state index contributed by atoms with van der Waals surface area (Å²) in [6.07, 6.45) is 0. The van der Waals surface area contributed by atoms with Gasteiger partial charge in [0.25, 0.3) is 5.56 Å². The van der Waals surface area contributed by atoms with Crippen molar-refractivity contribution in [3.63, 3.8) is 0 Å². The predicted molar refractivity (Wildman–Crippen MR) is 138 cm³/mol. The maximum atomic E-state index is 15.1. The van der Waals surface area contributed by atoms with Crippen molar-refractivity contribution in [2.24, 2.45) is 0 Å². The van der Waals surface area contributed by atoms with E-state index in [0.29, 0.717) is 15.5 Å². The minimum Gasteiger partial charge on any atom is -0.388 e. The van der Waals surface area contributed by atoms with Crippen molar-refractivity contribution in [1.82, 2.24) is 14.9 Å². The molecule has 0 saturated heterocycles. The lowest BCUT2D eigenvalue weighted by Crippen LogP contribution is -2.35. The second-order valence-corrected chi connectivity index (χ2v) is 9.84. The Kier molecular flexibility index (Phi) is 6.72. The standard InChI is InChI=1S/C21H16ClFIN5O3S/c1-25-10-2-4-13-16(8-10)28-21(32)29(19(13)30)18-14(23)6-11(7-15(18)24)27-20(31)26-9-12-3-5-17(22)33-12/h2-8,25H,9H2,1H3,(H,28,32)(H2,26,27,31). The van der Waals surface area contributed by atoms with E-state index in [1.165, 1.54) is 17.4 Å². The second-order valence-electron chi connectivity index (χ2n) is 6.88. The zero-order valence-electron chi connectivity index (χ0n) is 17.0. The molecule has 0 bridgehead atoms. The van der Waals surface area contributed by atoms with Gasteiger partial charge in [0.05, 0.1) is 21.8 Å². The first-order valence-corrected chi connectivity index (χ1v) is 11.8. The number of halogens is 3. The van der Waals surface area contributed by atoms with E-state index < -0.39 is 23.1 Å². The van der Waals surface area contributed by atoms with Crippen LogP contribution in [0.15, 0.2) is 52.1 Å². The Balaban J connectivity index is 1.63. The Morgan fingerprint density at radius 1 is 1.18 bits per heavy atom. The number of hydrogen-bond acceptors (Lipinski definition) is 5. The van der Waals surface area contributed by atoms with Crippen molar-refractivity contribution < 1.29 is 9.18 Å². The Morgan fingerprint density at radius 2 is 1.97 bits per heavy atom. The zero-order valence-corrected chi connectivity index (χ0v) is 20.7. The van der Waals surface area contributed by atoms with Gasteiger partial charge in [0.15, 0.2) is 5.82 Å². The number of nitrogens with zero attached hydrogens (tertiary/aromatic N) is 1. The average molecular weight is 600 g/mol. The molecule has 33 heavy (non-hydrogen) atoms. The Labute approximate surface area is 208 Å². The van der Waals surface area contributed by atoms with Crippen LogP contribution in [-0.2, 0) is 6.54 Å². The number of aromatic nitrogens is 2. The number of H-pyrrole nitrogens is 1. The van der Waals surface area contributed by atoms with Crippen LogP contribution >= 0.6 is 45.5 Å². The van der Waals surface area contributed by atoms with E-state index in [9.17, 15) is 14.4 Å². The number of benzene rings is 2. The van der Waals surface area contributed by atoms with Crippen molar-refractivity contribution in [3.8, 4) is 5.69 Å². The maximum absolute atomic E-state index is 15.1. The molecule has 0 radical (unpaired) electrons. The number of carbonyl (C=O) groups is 1. The molecular weight excluding hydrogens is 584 g/mol. The van der Waals surface area contributed by atoms with Gasteiger partial charge in [0.2, 0.25) is 0 Å². The van der Waals surface area contributed by atoms with E-state index in [0.717, 1.165) is 15.5 Å². The quantitative estimate of drug-likeness (QED) is 0.254. The summed E-state index contributed by atoms with van der Waals surface area (Å²) in [7, 11) is 1.71. The Hall–Kier alpha value is -2.90. The van der Waals surface area contributed by atoms with Crippen LogP contribution in [0.5, 0.6) is 0 Å². The lowest BCUT2D eigenvalue weighted by atomic mass is 10.2. The number of fused-ring (bicyclic) bond motifs is 1. The van der Waals surface area contributed by atoms with Gasteiger partial charge in [-0.25, -0.2) is 18.5 Å². The number of anilines is 2. The van der Waals surface area contributed by atoms with Crippen LogP contribution in [0.3, 0.4) is 0 Å². The number of hydrogen-bond donors (Lipinski definition) is 4. The van der Waals surface area contributed by atoms with Crippen molar-refractivity contribution >= 4 is 73.8 Å². The SMILES string of the molecule is CNc1ccc2c(=O)n(-c3c(F)cc(NC(=O)NCc4ccc(Cl)s4)cc3I)c(=O)[nH]c2c1. The molecule has 0 aliphatic rings. The van der Waals surface area contributed by atoms with Gasteiger partial charge < -0.3 is 20.9 Å². The molecule has 2 heterocycles. The van der Waals surface area contributed by atoms with Crippen molar-refractivity contribution in [3.05, 3.63) is 81.9 Å². The van der Waals surface area contributed by atoms with Gasteiger partial charge in [-0.2, -0.15) is 0 Å². The van der Waals surface area contributed by atoms with E-state index >= 15 is 4.39 Å². The fourth-order valence-electron chi connectivity index (χ4n) is 3.22. The van der Waals surface area contributed by atoms with Crippen LogP contribution < -0.4 is 27.2 Å². The maximum Gasteiger partial charge on any atom is 0.333 e. The van der Waals surface area contributed by atoms with Crippen LogP contribution in [0.2, 0.25) is 4.34 Å². The van der Waals surface area contributed by atoms with Crippen molar-refractivity contribution in [2.45, 2.75) is 6.54 Å². The van der Waals surface area contributed by atoms with E-state index in [-0.39, 0.29) is 26.9 Å². The van der Waals surface area contributed by atoms with Gasteiger partial charge in [-0.3, -0.25) is 4.79 Å². The molecule has 4 rings (SSSR count). The monoisotopic (exact) mass is 599 g/mol. The highest BCUT2D eigenvalue weighted by atomic mass is 127. The summed E-state index contributed by atoms with van der Waals surface area (Å²) in [5.74, 6) is -0.832. The zero-order chi connectivity index (χ0) is 23.7. The molecule has 2 amide bonds. The smallest absolute Gasteiger partial charge is 0.333 e. The summed E-state index contributed by atoms with van der Waals surface area (Å²) in [5.41, 5.74) is -0.392. The normalized spacial score (nSPS) is 10.9. The molecule has 4 aromatic rings. The molecule has 12 heteroatoms. The lowest BCUT2D eigenvalue weighted by Gasteiger charge is -2.13. The number of thiophene rings is 1. The summed E-state index contributed by atoms with van der Waals surface area (Å²) in [6, 6.07) is 10.4. The van der Waals surface area contributed by atoms with E-state index in [1.807, 2.05) is 22.6 Å². The van der Waals surface area contributed by atoms with Crippen LogP contribution in [-0.4, -0.2) is 22.6 Å². The molecule has 0 aliphatic heterocycles. The lowest BCUT2D eigenvalue weighted by molar-refractivity contribution is 0.252.